The zero-order valence-corrected chi connectivity index (χ0v) is 13.9. The smallest absolute Gasteiger partial charge is 0.166 e. The molecule has 5 unspecified atom stereocenters. The molecule has 1 fully saturated rings. The van der Waals surface area contributed by atoms with Crippen molar-refractivity contribution in [3.8, 4) is 11.5 Å². The van der Waals surface area contributed by atoms with Gasteiger partial charge in [0, 0.05) is 11.6 Å². The van der Waals surface area contributed by atoms with Crippen LogP contribution < -0.4 is 14.8 Å². The van der Waals surface area contributed by atoms with Gasteiger partial charge in [0.2, 0.25) is 0 Å². The Balaban J connectivity index is 2.04. The summed E-state index contributed by atoms with van der Waals surface area (Å²) in [6.07, 6.45) is 1.60. The molecule has 126 valence electrons. The maximum absolute atomic E-state index is 11.7. The molecular weight excluding hydrogens is 294 g/mol. The number of ether oxygens (including phenoxy) is 2. The van der Waals surface area contributed by atoms with Gasteiger partial charge in [0.05, 0.1) is 24.2 Å². The van der Waals surface area contributed by atoms with Crippen LogP contribution in [-0.2, 0) is 11.8 Å². The second kappa shape index (κ2) is 4.85. The van der Waals surface area contributed by atoms with Gasteiger partial charge in [-0.15, -0.1) is 0 Å². The summed E-state index contributed by atoms with van der Waals surface area (Å²) in [6.45, 7) is 2.08. The molecule has 0 saturated heterocycles. The molecule has 1 aliphatic heterocycles. The lowest BCUT2D eigenvalue weighted by Crippen LogP contribution is -2.72. The molecule has 1 heterocycles. The van der Waals surface area contributed by atoms with E-state index in [2.05, 4.69) is 18.3 Å². The van der Waals surface area contributed by atoms with Crippen LogP contribution in [0.25, 0.3) is 0 Å². The number of aliphatic hydroxyl groups is 2. The molecule has 0 amide bonds. The highest BCUT2D eigenvalue weighted by molar-refractivity contribution is 5.62. The average Bonchev–Trinajstić information content (AvgIpc) is 2.94. The minimum absolute atomic E-state index is 0.0482. The van der Waals surface area contributed by atoms with Crippen LogP contribution in [0.4, 0.5) is 0 Å². The van der Waals surface area contributed by atoms with Crippen LogP contribution in [0.15, 0.2) is 12.1 Å². The number of aliphatic hydroxyl groups excluding tert-OH is 1. The van der Waals surface area contributed by atoms with E-state index in [-0.39, 0.29) is 6.04 Å². The van der Waals surface area contributed by atoms with Gasteiger partial charge < -0.3 is 25.0 Å². The summed E-state index contributed by atoms with van der Waals surface area (Å²) in [4.78, 5) is 0. The Kier molecular flexibility index (Phi) is 3.21. The Bertz CT molecular complexity index is 648. The molecule has 0 spiro atoms. The Morgan fingerprint density at radius 2 is 2.22 bits per heavy atom. The maximum Gasteiger partial charge on any atom is 0.166 e. The van der Waals surface area contributed by atoms with Crippen molar-refractivity contribution in [3.05, 3.63) is 23.3 Å². The SMILES string of the molecule is CCC12c3c4ccc(OC)c3OC1C(O)CCC2(O)C(NC)C4. The summed E-state index contributed by atoms with van der Waals surface area (Å²) in [5, 5.41) is 25.7. The molecule has 2 aliphatic carbocycles. The van der Waals surface area contributed by atoms with Gasteiger partial charge in [-0.25, -0.2) is 0 Å². The van der Waals surface area contributed by atoms with Crippen LogP contribution in [0.2, 0.25) is 0 Å². The highest BCUT2D eigenvalue weighted by atomic mass is 16.5. The van der Waals surface area contributed by atoms with Crippen molar-refractivity contribution in [2.75, 3.05) is 14.2 Å². The fourth-order valence-corrected chi connectivity index (χ4v) is 5.42. The largest absolute Gasteiger partial charge is 0.493 e. The van der Waals surface area contributed by atoms with Crippen LogP contribution in [0, 0.1) is 0 Å². The molecule has 1 saturated carbocycles. The van der Waals surface area contributed by atoms with Gasteiger partial charge in [-0.05, 0) is 44.4 Å². The summed E-state index contributed by atoms with van der Waals surface area (Å²) in [6, 6.07) is 3.96. The first-order valence-electron chi connectivity index (χ1n) is 8.48. The number of nitrogens with one attached hydrogen (secondary N) is 1. The van der Waals surface area contributed by atoms with E-state index in [0.29, 0.717) is 24.3 Å². The van der Waals surface area contributed by atoms with Gasteiger partial charge >= 0.3 is 0 Å². The summed E-state index contributed by atoms with van der Waals surface area (Å²) in [5.74, 6) is 1.40. The molecule has 5 atom stereocenters. The molecule has 1 aromatic rings. The maximum atomic E-state index is 11.7. The average molecular weight is 319 g/mol. The Morgan fingerprint density at radius 1 is 1.43 bits per heavy atom. The van der Waals surface area contributed by atoms with Crippen molar-refractivity contribution in [3.63, 3.8) is 0 Å². The third kappa shape index (κ3) is 1.58. The number of likely N-dealkylation sites (N-methyl/N-ethyl adjacent to an activating group) is 1. The first-order valence-corrected chi connectivity index (χ1v) is 8.48. The minimum atomic E-state index is -0.926. The van der Waals surface area contributed by atoms with Crippen molar-refractivity contribution in [2.24, 2.45) is 0 Å². The van der Waals surface area contributed by atoms with Crippen molar-refractivity contribution >= 4 is 0 Å². The fraction of sp³-hybridized carbons (Fsp3) is 0.667. The molecule has 3 aliphatic rings. The first kappa shape index (κ1) is 15.2. The van der Waals surface area contributed by atoms with Crippen LogP contribution >= 0.6 is 0 Å². The van der Waals surface area contributed by atoms with Crippen molar-refractivity contribution in [1.29, 1.82) is 0 Å². The van der Waals surface area contributed by atoms with Crippen molar-refractivity contribution < 1.29 is 19.7 Å². The number of benzene rings is 1. The third-order valence-electron chi connectivity index (χ3n) is 6.45. The molecule has 0 radical (unpaired) electrons. The standard InChI is InChI=1S/C18H25NO4/c1-4-17-14-10-5-6-12(22-3)15(14)23-16(17)11(20)7-8-18(17,21)13(9-10)19-2/h5-6,11,13,16,19-21H,4,7-9H2,1-3H3. The molecule has 23 heavy (non-hydrogen) atoms. The lowest BCUT2D eigenvalue weighted by atomic mass is 9.50. The number of hydrogen-bond donors (Lipinski definition) is 3. The second-order valence-electron chi connectivity index (χ2n) is 7.07. The first-order chi connectivity index (χ1) is 11.0. The zero-order valence-electron chi connectivity index (χ0n) is 13.9. The van der Waals surface area contributed by atoms with Gasteiger partial charge in [-0.2, -0.15) is 0 Å². The molecular formula is C18H25NO4. The van der Waals surface area contributed by atoms with Crippen LogP contribution in [0.5, 0.6) is 11.5 Å². The van der Waals surface area contributed by atoms with Gasteiger partial charge in [0.15, 0.2) is 11.5 Å². The van der Waals surface area contributed by atoms with Crippen LogP contribution in [-0.4, -0.2) is 48.2 Å². The third-order valence-corrected chi connectivity index (χ3v) is 6.45. The molecule has 0 bridgehead atoms. The van der Waals surface area contributed by atoms with Gasteiger partial charge in [0.1, 0.15) is 6.10 Å². The number of rotatable bonds is 3. The van der Waals surface area contributed by atoms with Crippen molar-refractivity contribution in [1.82, 2.24) is 5.32 Å². The predicted molar refractivity (Wildman–Crippen MR) is 86.1 cm³/mol. The number of hydrogen-bond acceptors (Lipinski definition) is 5. The minimum Gasteiger partial charge on any atom is -0.493 e. The van der Waals surface area contributed by atoms with Gasteiger partial charge in [-0.1, -0.05) is 13.0 Å². The number of methoxy groups -OCH3 is 1. The second-order valence-corrected chi connectivity index (χ2v) is 7.07. The summed E-state index contributed by atoms with van der Waals surface area (Å²) in [7, 11) is 3.53. The van der Waals surface area contributed by atoms with Crippen LogP contribution in [0.1, 0.15) is 37.3 Å². The van der Waals surface area contributed by atoms with E-state index in [4.69, 9.17) is 9.47 Å². The van der Waals surface area contributed by atoms with E-state index in [1.54, 1.807) is 7.11 Å². The predicted octanol–water partition coefficient (Wildman–Crippen LogP) is 1.13. The summed E-state index contributed by atoms with van der Waals surface area (Å²) < 4.78 is 11.7. The Hall–Kier alpha value is -1.30. The summed E-state index contributed by atoms with van der Waals surface area (Å²) >= 11 is 0. The fourth-order valence-electron chi connectivity index (χ4n) is 5.42. The topological polar surface area (TPSA) is 71.0 Å². The Labute approximate surface area is 136 Å². The monoisotopic (exact) mass is 319 g/mol. The van der Waals surface area contributed by atoms with Gasteiger partial charge in [-0.3, -0.25) is 0 Å². The Morgan fingerprint density at radius 3 is 2.87 bits per heavy atom. The molecule has 4 rings (SSSR count). The zero-order chi connectivity index (χ0) is 16.4. The van der Waals surface area contributed by atoms with E-state index in [1.165, 1.54) is 5.56 Å². The van der Waals surface area contributed by atoms with E-state index in [1.807, 2.05) is 13.1 Å². The molecule has 0 aromatic heterocycles. The van der Waals surface area contributed by atoms with Crippen LogP contribution in [0.3, 0.4) is 0 Å². The van der Waals surface area contributed by atoms with E-state index in [9.17, 15) is 10.2 Å². The lowest BCUT2D eigenvalue weighted by Gasteiger charge is -2.58. The van der Waals surface area contributed by atoms with Gasteiger partial charge in [0.25, 0.3) is 0 Å². The highest BCUT2D eigenvalue weighted by Crippen LogP contribution is 2.63. The highest BCUT2D eigenvalue weighted by Gasteiger charge is 2.69. The van der Waals surface area contributed by atoms with E-state index in [0.717, 1.165) is 18.4 Å². The molecule has 5 heteroatoms. The van der Waals surface area contributed by atoms with E-state index < -0.39 is 23.2 Å². The molecule has 3 N–H and O–H groups in total. The van der Waals surface area contributed by atoms with E-state index >= 15 is 0 Å². The molecule has 1 aromatic carbocycles. The summed E-state index contributed by atoms with van der Waals surface area (Å²) in [5.41, 5.74) is 0.723. The van der Waals surface area contributed by atoms with Crippen molar-refractivity contribution in [2.45, 2.75) is 61.9 Å². The lowest BCUT2D eigenvalue weighted by molar-refractivity contribution is -0.166. The normalized spacial score (nSPS) is 40.5. The molecule has 5 nitrogen and oxygen atoms in total. The quantitative estimate of drug-likeness (QED) is 0.779.